The smallest absolute Gasteiger partial charge is 0.0505 e. The minimum atomic E-state index is 0.479. The summed E-state index contributed by atoms with van der Waals surface area (Å²) in [5.74, 6) is 3.10. The fourth-order valence-corrected chi connectivity index (χ4v) is 6.16. The van der Waals surface area contributed by atoms with Crippen LogP contribution in [-0.2, 0) is 0 Å². The van der Waals surface area contributed by atoms with Crippen molar-refractivity contribution in [2.45, 2.75) is 77.8 Å². The lowest BCUT2D eigenvalue weighted by Gasteiger charge is -2.58. The van der Waals surface area contributed by atoms with Crippen LogP contribution in [0.2, 0.25) is 0 Å². The first-order valence-corrected chi connectivity index (χ1v) is 8.60. The second-order valence-corrected chi connectivity index (χ2v) is 8.39. The Morgan fingerprint density at radius 1 is 0.750 bits per heavy atom. The third kappa shape index (κ3) is 1.78. The third-order valence-corrected chi connectivity index (χ3v) is 7.10. The average molecular weight is 271 g/mol. The minimum absolute atomic E-state index is 0.479. The van der Waals surface area contributed by atoms with E-state index in [2.05, 4.69) is 33.0 Å². The molecular weight excluding hydrogens is 242 g/mol. The highest BCUT2D eigenvalue weighted by Crippen LogP contribution is 2.56. The fourth-order valence-electron chi connectivity index (χ4n) is 6.16. The predicted molar refractivity (Wildman–Crippen MR) is 84.6 cm³/mol. The van der Waals surface area contributed by atoms with E-state index in [9.17, 15) is 0 Å². The maximum absolute atomic E-state index is 4.17. The molecule has 0 amide bonds. The van der Waals surface area contributed by atoms with Crippen molar-refractivity contribution in [2.75, 3.05) is 0 Å². The molecule has 4 bridgehead atoms. The maximum Gasteiger partial charge on any atom is 0.0505 e. The number of rotatable bonds is 2. The Morgan fingerprint density at radius 3 is 1.55 bits per heavy atom. The molecule has 1 heteroatoms. The molecule has 0 heterocycles. The SMILES string of the molecule is CC1=C(C)C(NC23CC4CC(CC(C4)C2)C3)C(C)=C1C. The monoisotopic (exact) mass is 271 g/mol. The van der Waals surface area contributed by atoms with Crippen LogP contribution in [0, 0.1) is 17.8 Å². The van der Waals surface area contributed by atoms with Gasteiger partial charge in [0.05, 0.1) is 6.04 Å². The van der Waals surface area contributed by atoms with E-state index in [-0.39, 0.29) is 0 Å². The van der Waals surface area contributed by atoms with Crippen molar-refractivity contribution in [2.24, 2.45) is 17.8 Å². The van der Waals surface area contributed by atoms with Crippen LogP contribution in [-0.4, -0.2) is 11.6 Å². The van der Waals surface area contributed by atoms with Crippen LogP contribution < -0.4 is 5.32 Å². The lowest BCUT2D eigenvalue weighted by Crippen LogP contribution is -2.61. The van der Waals surface area contributed by atoms with E-state index in [1.165, 1.54) is 49.7 Å². The van der Waals surface area contributed by atoms with E-state index in [0.717, 1.165) is 17.8 Å². The van der Waals surface area contributed by atoms with E-state index in [0.29, 0.717) is 11.6 Å². The largest absolute Gasteiger partial charge is 0.301 e. The summed E-state index contributed by atoms with van der Waals surface area (Å²) in [6.45, 7) is 9.28. The highest BCUT2D eigenvalue weighted by atomic mass is 15.0. The molecule has 4 fully saturated rings. The summed E-state index contributed by atoms with van der Waals surface area (Å²) in [4.78, 5) is 0. The standard InChI is InChI=1S/C19H29N/c1-11-12(2)14(4)18(13(11)3)20-19-8-15-5-16(9-19)7-17(6-15)10-19/h15-18,20H,5-10H2,1-4H3. The van der Waals surface area contributed by atoms with Crippen molar-refractivity contribution in [3.63, 3.8) is 0 Å². The first-order valence-electron chi connectivity index (χ1n) is 8.60. The molecule has 1 N–H and O–H groups in total. The predicted octanol–water partition coefficient (Wildman–Crippen LogP) is 4.60. The summed E-state index contributed by atoms with van der Waals surface area (Å²) in [5.41, 5.74) is 6.70. The molecule has 20 heavy (non-hydrogen) atoms. The molecule has 4 saturated carbocycles. The summed E-state index contributed by atoms with van der Waals surface area (Å²) in [6.07, 6.45) is 8.96. The summed E-state index contributed by atoms with van der Waals surface area (Å²) < 4.78 is 0. The van der Waals surface area contributed by atoms with Gasteiger partial charge in [0.2, 0.25) is 0 Å². The van der Waals surface area contributed by atoms with Gasteiger partial charge in [-0.1, -0.05) is 0 Å². The van der Waals surface area contributed by atoms with Crippen LogP contribution in [0.4, 0.5) is 0 Å². The molecule has 0 aromatic rings. The summed E-state index contributed by atoms with van der Waals surface area (Å²) in [6, 6.07) is 0.534. The van der Waals surface area contributed by atoms with Gasteiger partial charge in [0.15, 0.2) is 0 Å². The van der Waals surface area contributed by atoms with Crippen molar-refractivity contribution < 1.29 is 0 Å². The molecule has 0 radical (unpaired) electrons. The van der Waals surface area contributed by atoms with Gasteiger partial charge in [0.1, 0.15) is 0 Å². The Balaban J connectivity index is 1.61. The zero-order valence-electron chi connectivity index (χ0n) is 13.6. The molecule has 110 valence electrons. The van der Waals surface area contributed by atoms with Crippen molar-refractivity contribution >= 4 is 0 Å². The van der Waals surface area contributed by atoms with Gasteiger partial charge in [-0.3, -0.25) is 0 Å². The lowest BCUT2D eigenvalue weighted by atomic mass is 9.53. The maximum atomic E-state index is 4.17. The normalized spacial score (nSPS) is 44.1. The topological polar surface area (TPSA) is 12.0 Å². The van der Waals surface area contributed by atoms with E-state index in [1.54, 1.807) is 11.1 Å². The average Bonchev–Trinajstić information content (AvgIpc) is 2.55. The van der Waals surface area contributed by atoms with Gasteiger partial charge in [-0.2, -0.15) is 0 Å². The van der Waals surface area contributed by atoms with Crippen LogP contribution in [0.25, 0.3) is 0 Å². The summed E-state index contributed by atoms with van der Waals surface area (Å²) in [7, 11) is 0. The second-order valence-electron chi connectivity index (χ2n) is 8.39. The van der Waals surface area contributed by atoms with Crippen molar-refractivity contribution in [1.82, 2.24) is 5.32 Å². The number of hydrogen-bond acceptors (Lipinski definition) is 1. The first kappa shape index (κ1) is 13.1. The Kier molecular flexibility index (Phi) is 2.77. The van der Waals surface area contributed by atoms with Crippen molar-refractivity contribution in [3.8, 4) is 0 Å². The molecule has 0 saturated heterocycles. The molecule has 0 aromatic heterocycles. The number of hydrogen-bond donors (Lipinski definition) is 1. The zero-order valence-corrected chi connectivity index (χ0v) is 13.6. The highest BCUT2D eigenvalue weighted by molar-refractivity contribution is 5.49. The van der Waals surface area contributed by atoms with Gasteiger partial charge in [0, 0.05) is 5.54 Å². The fraction of sp³-hybridized carbons (Fsp3) is 0.789. The van der Waals surface area contributed by atoms with Crippen molar-refractivity contribution in [1.29, 1.82) is 0 Å². The number of allylic oxidation sites excluding steroid dienone is 2. The Bertz CT molecular complexity index is 449. The minimum Gasteiger partial charge on any atom is -0.301 e. The zero-order chi connectivity index (χ0) is 14.1. The molecule has 0 aromatic carbocycles. The summed E-state index contributed by atoms with van der Waals surface area (Å²) >= 11 is 0. The molecule has 0 atom stereocenters. The Hall–Kier alpha value is -0.560. The van der Waals surface area contributed by atoms with Gasteiger partial charge < -0.3 is 5.32 Å². The van der Waals surface area contributed by atoms with Crippen LogP contribution in [0.3, 0.4) is 0 Å². The highest BCUT2D eigenvalue weighted by Gasteiger charge is 2.51. The van der Waals surface area contributed by atoms with Gasteiger partial charge >= 0.3 is 0 Å². The molecule has 0 unspecified atom stereocenters. The van der Waals surface area contributed by atoms with Crippen LogP contribution in [0.15, 0.2) is 22.3 Å². The van der Waals surface area contributed by atoms with Crippen LogP contribution in [0.5, 0.6) is 0 Å². The van der Waals surface area contributed by atoms with Gasteiger partial charge in [0.25, 0.3) is 0 Å². The van der Waals surface area contributed by atoms with E-state index < -0.39 is 0 Å². The van der Waals surface area contributed by atoms with E-state index in [1.807, 2.05) is 0 Å². The van der Waals surface area contributed by atoms with Gasteiger partial charge in [-0.25, -0.2) is 0 Å². The molecule has 0 spiro atoms. The van der Waals surface area contributed by atoms with Gasteiger partial charge in [-0.05, 0) is 106 Å². The molecule has 0 aliphatic heterocycles. The van der Waals surface area contributed by atoms with Crippen molar-refractivity contribution in [3.05, 3.63) is 22.3 Å². The molecule has 5 rings (SSSR count). The molecular formula is C19H29N. The Labute approximate surface area is 123 Å². The summed E-state index contributed by atoms with van der Waals surface area (Å²) in [5, 5.41) is 4.17. The molecule has 1 nitrogen and oxygen atoms in total. The van der Waals surface area contributed by atoms with E-state index in [4.69, 9.17) is 0 Å². The van der Waals surface area contributed by atoms with Crippen LogP contribution >= 0.6 is 0 Å². The lowest BCUT2D eigenvalue weighted by molar-refractivity contribution is -0.0217. The molecule has 5 aliphatic carbocycles. The quantitative estimate of drug-likeness (QED) is 0.774. The Morgan fingerprint density at radius 2 is 1.15 bits per heavy atom. The second kappa shape index (κ2) is 4.22. The van der Waals surface area contributed by atoms with Gasteiger partial charge in [-0.15, -0.1) is 0 Å². The van der Waals surface area contributed by atoms with E-state index >= 15 is 0 Å². The molecule has 5 aliphatic rings. The number of nitrogens with one attached hydrogen (secondary N) is 1. The van der Waals surface area contributed by atoms with Crippen LogP contribution in [0.1, 0.15) is 66.2 Å². The third-order valence-electron chi connectivity index (χ3n) is 7.10. The first-order chi connectivity index (χ1) is 9.47.